The van der Waals surface area contributed by atoms with Crippen molar-refractivity contribution in [3.8, 4) is 11.5 Å². The zero-order chi connectivity index (χ0) is 15.9. The third kappa shape index (κ3) is 3.63. The van der Waals surface area contributed by atoms with E-state index in [9.17, 15) is 9.90 Å². The van der Waals surface area contributed by atoms with Crippen molar-refractivity contribution in [1.82, 2.24) is 5.43 Å². The number of phenolic OH excluding ortho intramolecular Hbond substituents is 1. The second-order valence-corrected chi connectivity index (χ2v) is 4.60. The van der Waals surface area contributed by atoms with Crippen molar-refractivity contribution in [2.24, 2.45) is 5.10 Å². The fourth-order valence-corrected chi connectivity index (χ4v) is 1.97. The predicted molar refractivity (Wildman–Crippen MR) is 85.4 cm³/mol. The Hall–Kier alpha value is -2.82. The van der Waals surface area contributed by atoms with E-state index in [-0.39, 0.29) is 11.7 Å². The molecule has 0 atom stereocenters. The van der Waals surface area contributed by atoms with Gasteiger partial charge in [-0.2, -0.15) is 5.10 Å². The molecule has 0 aromatic heterocycles. The second-order valence-electron chi connectivity index (χ2n) is 4.60. The molecule has 0 aliphatic carbocycles. The molecule has 0 radical (unpaired) electrons. The molecular weight excluding hydrogens is 280 g/mol. The third-order valence-electron chi connectivity index (χ3n) is 3.19. The Morgan fingerprint density at radius 2 is 1.86 bits per heavy atom. The van der Waals surface area contributed by atoms with E-state index in [4.69, 9.17) is 4.74 Å². The van der Waals surface area contributed by atoms with Crippen LogP contribution in [0.4, 0.5) is 0 Å². The number of hydrazone groups is 1. The first-order chi connectivity index (χ1) is 10.7. The molecule has 22 heavy (non-hydrogen) atoms. The SMILES string of the molecule is CCC(=NNC(=O)c1ccc(OC)cc1)c1ccccc1O. The van der Waals surface area contributed by atoms with E-state index in [2.05, 4.69) is 10.5 Å². The number of benzene rings is 2. The number of hydrogen-bond acceptors (Lipinski definition) is 4. The Labute approximate surface area is 129 Å². The molecule has 5 heteroatoms. The number of ether oxygens (including phenoxy) is 1. The van der Waals surface area contributed by atoms with E-state index in [0.717, 1.165) is 0 Å². The molecule has 0 bridgehead atoms. The summed E-state index contributed by atoms with van der Waals surface area (Å²) in [5, 5.41) is 14.0. The van der Waals surface area contributed by atoms with Gasteiger partial charge in [0.1, 0.15) is 11.5 Å². The number of nitrogens with one attached hydrogen (secondary N) is 1. The van der Waals surface area contributed by atoms with Crippen molar-refractivity contribution in [3.05, 3.63) is 59.7 Å². The van der Waals surface area contributed by atoms with Gasteiger partial charge in [-0.1, -0.05) is 19.1 Å². The normalized spacial score (nSPS) is 11.1. The van der Waals surface area contributed by atoms with E-state index in [0.29, 0.717) is 29.0 Å². The number of carbonyl (C=O) groups is 1. The predicted octanol–water partition coefficient (Wildman–Crippen LogP) is 2.94. The summed E-state index contributed by atoms with van der Waals surface area (Å²) in [6.07, 6.45) is 0.584. The van der Waals surface area contributed by atoms with Crippen LogP contribution in [0.1, 0.15) is 29.3 Å². The van der Waals surface area contributed by atoms with Crippen molar-refractivity contribution in [1.29, 1.82) is 0 Å². The minimum Gasteiger partial charge on any atom is -0.507 e. The van der Waals surface area contributed by atoms with Crippen molar-refractivity contribution < 1.29 is 14.6 Å². The second kappa shape index (κ2) is 7.26. The van der Waals surface area contributed by atoms with E-state index < -0.39 is 0 Å². The number of phenols is 1. The average Bonchev–Trinajstić information content (AvgIpc) is 2.56. The molecule has 2 rings (SSSR count). The summed E-state index contributed by atoms with van der Waals surface area (Å²) >= 11 is 0. The van der Waals surface area contributed by atoms with Gasteiger partial charge in [0.2, 0.25) is 0 Å². The monoisotopic (exact) mass is 298 g/mol. The fraction of sp³-hybridized carbons (Fsp3) is 0.176. The fourth-order valence-electron chi connectivity index (χ4n) is 1.97. The number of para-hydroxylation sites is 1. The lowest BCUT2D eigenvalue weighted by Gasteiger charge is -2.07. The number of amides is 1. The van der Waals surface area contributed by atoms with Gasteiger partial charge >= 0.3 is 0 Å². The van der Waals surface area contributed by atoms with Gasteiger partial charge in [0.05, 0.1) is 12.8 Å². The standard InChI is InChI=1S/C17H18N2O3/c1-3-15(14-6-4-5-7-16(14)20)18-19-17(21)12-8-10-13(22-2)11-9-12/h4-11,20H,3H2,1-2H3,(H,19,21). The molecule has 0 aliphatic rings. The van der Waals surface area contributed by atoms with Crippen LogP contribution in [-0.4, -0.2) is 23.8 Å². The van der Waals surface area contributed by atoms with Gasteiger partial charge in [0, 0.05) is 11.1 Å². The number of carbonyl (C=O) groups excluding carboxylic acids is 1. The third-order valence-corrected chi connectivity index (χ3v) is 3.19. The van der Waals surface area contributed by atoms with Crippen LogP contribution in [0.5, 0.6) is 11.5 Å². The molecule has 5 nitrogen and oxygen atoms in total. The number of methoxy groups -OCH3 is 1. The van der Waals surface area contributed by atoms with Gasteiger partial charge < -0.3 is 9.84 Å². The number of nitrogens with zero attached hydrogens (tertiary/aromatic N) is 1. The van der Waals surface area contributed by atoms with E-state index in [1.165, 1.54) is 0 Å². The maximum absolute atomic E-state index is 12.1. The maximum Gasteiger partial charge on any atom is 0.271 e. The van der Waals surface area contributed by atoms with Gasteiger partial charge in [-0.15, -0.1) is 0 Å². The highest BCUT2D eigenvalue weighted by Gasteiger charge is 2.09. The van der Waals surface area contributed by atoms with Crippen molar-refractivity contribution in [3.63, 3.8) is 0 Å². The van der Waals surface area contributed by atoms with Crippen LogP contribution in [0.15, 0.2) is 53.6 Å². The van der Waals surface area contributed by atoms with Crippen molar-refractivity contribution >= 4 is 11.6 Å². The minimum absolute atomic E-state index is 0.141. The molecule has 1 amide bonds. The summed E-state index contributed by atoms with van der Waals surface area (Å²) in [7, 11) is 1.57. The highest BCUT2D eigenvalue weighted by molar-refractivity contribution is 6.03. The molecule has 0 aliphatic heterocycles. The molecule has 2 aromatic rings. The molecule has 114 valence electrons. The Morgan fingerprint density at radius 3 is 2.45 bits per heavy atom. The lowest BCUT2D eigenvalue weighted by atomic mass is 10.1. The summed E-state index contributed by atoms with van der Waals surface area (Å²) in [5.41, 5.74) is 4.22. The molecule has 0 unspecified atom stereocenters. The first-order valence-electron chi connectivity index (χ1n) is 6.95. The van der Waals surface area contributed by atoms with Crippen molar-refractivity contribution in [2.75, 3.05) is 7.11 Å². The highest BCUT2D eigenvalue weighted by atomic mass is 16.5. The van der Waals surface area contributed by atoms with Crippen LogP contribution in [0.25, 0.3) is 0 Å². The van der Waals surface area contributed by atoms with Crippen LogP contribution < -0.4 is 10.2 Å². The maximum atomic E-state index is 12.1. The smallest absolute Gasteiger partial charge is 0.271 e. The van der Waals surface area contributed by atoms with E-state index in [1.54, 1.807) is 49.6 Å². The molecule has 0 spiro atoms. The largest absolute Gasteiger partial charge is 0.507 e. The zero-order valence-electron chi connectivity index (χ0n) is 12.5. The van der Waals surface area contributed by atoms with Gasteiger partial charge in [-0.25, -0.2) is 5.43 Å². The Balaban J connectivity index is 2.14. The van der Waals surface area contributed by atoms with Gasteiger partial charge in [-0.3, -0.25) is 4.79 Å². The van der Waals surface area contributed by atoms with Crippen LogP contribution >= 0.6 is 0 Å². The van der Waals surface area contributed by atoms with Gasteiger partial charge in [0.15, 0.2) is 0 Å². The first-order valence-corrected chi connectivity index (χ1v) is 6.95. The summed E-state index contributed by atoms with van der Waals surface area (Å²) in [5.74, 6) is 0.509. The number of aromatic hydroxyl groups is 1. The summed E-state index contributed by atoms with van der Waals surface area (Å²) in [6.45, 7) is 1.91. The number of hydrogen-bond donors (Lipinski definition) is 2. The van der Waals surface area contributed by atoms with Gasteiger partial charge in [0.25, 0.3) is 5.91 Å². The molecule has 2 aromatic carbocycles. The molecular formula is C17H18N2O3. The first kappa shape index (κ1) is 15.6. The summed E-state index contributed by atoms with van der Waals surface area (Å²) in [4.78, 5) is 12.1. The zero-order valence-corrected chi connectivity index (χ0v) is 12.5. The van der Waals surface area contributed by atoms with Crippen LogP contribution in [0.2, 0.25) is 0 Å². The Morgan fingerprint density at radius 1 is 1.18 bits per heavy atom. The van der Waals surface area contributed by atoms with Crippen LogP contribution in [-0.2, 0) is 0 Å². The molecule has 0 saturated heterocycles. The topological polar surface area (TPSA) is 70.9 Å². The Kier molecular flexibility index (Phi) is 5.14. The average molecular weight is 298 g/mol. The lowest BCUT2D eigenvalue weighted by molar-refractivity contribution is 0.0954. The Bertz CT molecular complexity index is 679. The summed E-state index contributed by atoms with van der Waals surface area (Å²) in [6, 6.07) is 13.6. The van der Waals surface area contributed by atoms with E-state index in [1.807, 2.05) is 13.0 Å². The van der Waals surface area contributed by atoms with Crippen LogP contribution in [0.3, 0.4) is 0 Å². The lowest BCUT2D eigenvalue weighted by Crippen LogP contribution is -2.20. The number of rotatable bonds is 5. The molecule has 0 saturated carbocycles. The van der Waals surface area contributed by atoms with E-state index >= 15 is 0 Å². The van der Waals surface area contributed by atoms with Gasteiger partial charge in [-0.05, 0) is 42.8 Å². The highest BCUT2D eigenvalue weighted by Crippen LogP contribution is 2.18. The molecule has 0 heterocycles. The molecule has 2 N–H and O–H groups in total. The van der Waals surface area contributed by atoms with Crippen LogP contribution in [0, 0.1) is 0 Å². The van der Waals surface area contributed by atoms with Crippen molar-refractivity contribution in [2.45, 2.75) is 13.3 Å². The molecule has 0 fully saturated rings. The minimum atomic E-state index is -0.316. The quantitative estimate of drug-likeness (QED) is 0.658. The summed E-state index contributed by atoms with van der Waals surface area (Å²) < 4.78 is 5.05.